The van der Waals surface area contributed by atoms with E-state index in [9.17, 15) is 0 Å². The Balaban J connectivity index is 2.25. The summed E-state index contributed by atoms with van der Waals surface area (Å²) in [6, 6.07) is 2.07. The largest absolute Gasteiger partial charge is 0.396 e. The van der Waals surface area contributed by atoms with Crippen LogP contribution in [0.2, 0.25) is 0 Å². The first kappa shape index (κ1) is 11.0. The Morgan fingerprint density at radius 1 is 1.47 bits per heavy atom. The molecule has 0 aliphatic rings. The molecule has 0 fully saturated rings. The average Bonchev–Trinajstić information content (AvgIpc) is 2.59. The lowest BCUT2D eigenvalue weighted by molar-refractivity contribution is 0.292. The van der Waals surface area contributed by atoms with Gasteiger partial charge in [-0.2, -0.15) is 0 Å². The average molecular weight is 335 g/mol. The van der Waals surface area contributed by atoms with Gasteiger partial charge >= 0.3 is 0 Å². The van der Waals surface area contributed by atoms with Crippen molar-refractivity contribution in [2.45, 2.75) is 6.42 Å². The molecule has 2 N–H and O–H groups in total. The van der Waals surface area contributed by atoms with Crippen molar-refractivity contribution in [1.29, 1.82) is 0 Å². The van der Waals surface area contributed by atoms with Gasteiger partial charge in [-0.1, -0.05) is 0 Å². The first-order valence-electron chi connectivity index (χ1n) is 4.56. The molecule has 2 rings (SSSR count). The van der Waals surface area contributed by atoms with Gasteiger partial charge in [-0.3, -0.25) is 0 Å². The van der Waals surface area contributed by atoms with Gasteiger partial charge in [0.15, 0.2) is 0 Å². The van der Waals surface area contributed by atoms with Gasteiger partial charge in [0.1, 0.15) is 17.0 Å². The van der Waals surface area contributed by atoms with Gasteiger partial charge in [0.25, 0.3) is 0 Å². The first-order valence-corrected chi connectivity index (χ1v) is 6.45. The van der Waals surface area contributed by atoms with Crippen molar-refractivity contribution in [2.75, 3.05) is 18.5 Å². The minimum Gasteiger partial charge on any atom is -0.396 e. The molecule has 2 heterocycles. The lowest BCUT2D eigenvalue weighted by Gasteiger charge is -2.04. The van der Waals surface area contributed by atoms with E-state index in [2.05, 4.69) is 43.9 Å². The Hall–Kier alpha value is -0.470. The zero-order chi connectivity index (χ0) is 10.7. The van der Waals surface area contributed by atoms with Crippen molar-refractivity contribution in [2.24, 2.45) is 0 Å². The van der Waals surface area contributed by atoms with E-state index < -0.39 is 0 Å². The zero-order valence-electron chi connectivity index (χ0n) is 7.90. The Morgan fingerprint density at radius 2 is 2.33 bits per heavy atom. The third-order valence-corrected chi connectivity index (χ3v) is 3.73. The van der Waals surface area contributed by atoms with Crippen molar-refractivity contribution in [1.82, 2.24) is 9.97 Å². The number of hydrogen-bond acceptors (Lipinski definition) is 5. The van der Waals surface area contributed by atoms with Crippen molar-refractivity contribution in [3.8, 4) is 0 Å². The number of rotatable bonds is 4. The zero-order valence-corrected chi connectivity index (χ0v) is 10.9. The van der Waals surface area contributed by atoms with Crippen LogP contribution in [0.4, 0.5) is 5.82 Å². The number of thiophene rings is 1. The van der Waals surface area contributed by atoms with Gasteiger partial charge in [-0.05, 0) is 35.1 Å². The fraction of sp³-hybridized carbons (Fsp3) is 0.333. The predicted octanol–water partition coefficient (Wildman–Crippen LogP) is 2.09. The van der Waals surface area contributed by atoms with E-state index in [0.717, 1.165) is 29.0 Å². The number of fused-ring (bicyclic) bond motifs is 1. The summed E-state index contributed by atoms with van der Waals surface area (Å²) >= 11 is 3.93. The molecule has 0 atom stereocenters. The Labute approximate surface area is 105 Å². The minimum absolute atomic E-state index is 0.197. The van der Waals surface area contributed by atoms with E-state index in [1.54, 1.807) is 17.7 Å². The summed E-state index contributed by atoms with van der Waals surface area (Å²) in [5.41, 5.74) is 0. The molecule has 0 aliphatic heterocycles. The van der Waals surface area contributed by atoms with E-state index >= 15 is 0 Å². The summed E-state index contributed by atoms with van der Waals surface area (Å²) in [5, 5.41) is 12.9. The van der Waals surface area contributed by atoms with E-state index in [0.29, 0.717) is 0 Å². The molecule has 0 amide bonds. The fourth-order valence-electron chi connectivity index (χ4n) is 1.25. The highest BCUT2D eigenvalue weighted by molar-refractivity contribution is 14.1. The van der Waals surface area contributed by atoms with Crippen LogP contribution in [-0.2, 0) is 0 Å². The number of nitrogens with one attached hydrogen (secondary N) is 1. The highest BCUT2D eigenvalue weighted by Crippen LogP contribution is 2.28. The summed E-state index contributed by atoms with van der Waals surface area (Å²) in [7, 11) is 0. The second-order valence-corrected chi connectivity index (χ2v) is 5.92. The van der Waals surface area contributed by atoms with E-state index in [1.165, 1.54) is 2.88 Å². The molecule has 0 unspecified atom stereocenters. The van der Waals surface area contributed by atoms with E-state index in [-0.39, 0.29) is 6.61 Å². The number of aliphatic hydroxyl groups is 1. The van der Waals surface area contributed by atoms with Crippen molar-refractivity contribution >= 4 is 50.0 Å². The SMILES string of the molecule is OCCCNc1ncnc2sc(I)cc12. The number of aromatic nitrogens is 2. The minimum atomic E-state index is 0.197. The standard InChI is InChI=1S/C9H10IN3OS/c10-7-4-6-8(11-2-1-3-14)12-5-13-9(6)15-7/h4-5,14H,1-3H2,(H,11,12,13). The summed E-state index contributed by atoms with van der Waals surface area (Å²) in [6.07, 6.45) is 2.29. The molecule has 15 heavy (non-hydrogen) atoms. The van der Waals surface area contributed by atoms with Gasteiger partial charge in [-0.25, -0.2) is 9.97 Å². The predicted molar refractivity (Wildman–Crippen MR) is 70.3 cm³/mol. The molecular weight excluding hydrogens is 325 g/mol. The molecule has 0 bridgehead atoms. The molecule has 0 radical (unpaired) electrons. The third-order valence-electron chi connectivity index (χ3n) is 1.93. The molecule has 0 saturated heterocycles. The molecular formula is C9H10IN3OS. The smallest absolute Gasteiger partial charge is 0.138 e. The molecule has 2 aromatic rings. The first-order chi connectivity index (χ1) is 7.31. The molecule has 0 aromatic carbocycles. The topological polar surface area (TPSA) is 58.0 Å². The third kappa shape index (κ3) is 2.56. The maximum atomic E-state index is 8.69. The summed E-state index contributed by atoms with van der Waals surface area (Å²) < 4.78 is 1.20. The fourth-order valence-corrected chi connectivity index (χ4v) is 2.92. The number of halogens is 1. The molecule has 0 spiro atoms. The quantitative estimate of drug-likeness (QED) is 0.664. The highest BCUT2D eigenvalue weighted by atomic mass is 127. The van der Waals surface area contributed by atoms with Crippen LogP contribution in [0.25, 0.3) is 10.2 Å². The van der Waals surface area contributed by atoms with Gasteiger partial charge in [-0.15, -0.1) is 11.3 Å². The molecule has 2 aromatic heterocycles. The Kier molecular flexibility index (Phi) is 3.71. The number of nitrogens with zero attached hydrogens (tertiary/aromatic N) is 2. The summed E-state index contributed by atoms with van der Waals surface area (Å²) in [6.45, 7) is 0.928. The van der Waals surface area contributed by atoms with E-state index in [1.807, 2.05) is 0 Å². The van der Waals surface area contributed by atoms with Gasteiger partial charge in [0, 0.05) is 13.2 Å². The molecule has 0 saturated carbocycles. The van der Waals surface area contributed by atoms with Crippen LogP contribution < -0.4 is 5.32 Å². The molecule has 4 nitrogen and oxygen atoms in total. The van der Waals surface area contributed by atoms with E-state index in [4.69, 9.17) is 5.11 Å². The van der Waals surface area contributed by atoms with Crippen molar-refractivity contribution in [3.63, 3.8) is 0 Å². The number of aliphatic hydroxyl groups excluding tert-OH is 1. The van der Waals surface area contributed by atoms with Crippen molar-refractivity contribution < 1.29 is 5.11 Å². The highest BCUT2D eigenvalue weighted by Gasteiger charge is 2.06. The van der Waals surface area contributed by atoms with Gasteiger partial charge in [0.2, 0.25) is 0 Å². The lowest BCUT2D eigenvalue weighted by Crippen LogP contribution is -2.05. The second-order valence-electron chi connectivity index (χ2n) is 3.00. The van der Waals surface area contributed by atoms with Crippen LogP contribution in [0.3, 0.4) is 0 Å². The molecule has 6 heteroatoms. The summed E-state index contributed by atoms with van der Waals surface area (Å²) in [4.78, 5) is 9.40. The van der Waals surface area contributed by atoms with Crippen LogP contribution in [0, 0.1) is 2.88 Å². The monoisotopic (exact) mass is 335 g/mol. The molecule has 80 valence electrons. The molecule has 0 aliphatic carbocycles. The van der Waals surface area contributed by atoms with Crippen LogP contribution in [0.5, 0.6) is 0 Å². The second kappa shape index (κ2) is 5.04. The number of anilines is 1. The lowest BCUT2D eigenvalue weighted by atomic mass is 10.3. The van der Waals surface area contributed by atoms with Crippen LogP contribution in [0.1, 0.15) is 6.42 Å². The van der Waals surface area contributed by atoms with Crippen LogP contribution in [0.15, 0.2) is 12.4 Å². The Morgan fingerprint density at radius 3 is 3.13 bits per heavy atom. The normalized spacial score (nSPS) is 10.8. The maximum absolute atomic E-state index is 8.69. The maximum Gasteiger partial charge on any atom is 0.138 e. The van der Waals surface area contributed by atoms with Crippen LogP contribution >= 0.6 is 33.9 Å². The number of hydrogen-bond donors (Lipinski definition) is 2. The Bertz CT molecular complexity index is 460. The summed E-state index contributed by atoms with van der Waals surface area (Å²) in [5.74, 6) is 0.854. The van der Waals surface area contributed by atoms with Crippen molar-refractivity contribution in [3.05, 3.63) is 15.3 Å². The van der Waals surface area contributed by atoms with Crippen LogP contribution in [-0.4, -0.2) is 28.2 Å². The van der Waals surface area contributed by atoms with Gasteiger partial charge < -0.3 is 10.4 Å². The van der Waals surface area contributed by atoms with Gasteiger partial charge in [0.05, 0.1) is 8.27 Å².